The molecule has 2 nitrogen and oxygen atoms in total. The van der Waals surface area contributed by atoms with E-state index in [9.17, 15) is 8.42 Å². The number of thiophene rings is 1. The zero-order valence-corrected chi connectivity index (χ0v) is 9.71. The van der Waals surface area contributed by atoms with Crippen LogP contribution in [-0.4, -0.2) is 13.7 Å². The van der Waals surface area contributed by atoms with Gasteiger partial charge >= 0.3 is 0 Å². The third kappa shape index (κ3) is 2.11. The standard InChI is InChI=1S/C9H14O2S2/c1-4-8-5-6-9(12-8)13(10,11)7(2)3/h5-7H,4H2,1-3H3. The SMILES string of the molecule is CCc1ccc(S(=O)(=O)C(C)C)s1. The first kappa shape index (κ1) is 10.7. The van der Waals surface area contributed by atoms with E-state index in [1.165, 1.54) is 11.3 Å². The summed E-state index contributed by atoms with van der Waals surface area (Å²) in [5.74, 6) is 0. The van der Waals surface area contributed by atoms with Crippen molar-refractivity contribution in [1.29, 1.82) is 0 Å². The van der Waals surface area contributed by atoms with Crippen LogP contribution in [0.3, 0.4) is 0 Å². The van der Waals surface area contributed by atoms with Gasteiger partial charge < -0.3 is 0 Å². The van der Waals surface area contributed by atoms with Crippen LogP contribution in [0.5, 0.6) is 0 Å². The molecule has 74 valence electrons. The van der Waals surface area contributed by atoms with E-state index >= 15 is 0 Å². The van der Waals surface area contributed by atoms with E-state index in [0.29, 0.717) is 4.21 Å². The van der Waals surface area contributed by atoms with Crippen LogP contribution in [0, 0.1) is 0 Å². The Kier molecular flexibility index (Phi) is 3.14. The first-order valence-electron chi connectivity index (χ1n) is 4.31. The molecule has 0 atom stereocenters. The molecule has 0 spiro atoms. The monoisotopic (exact) mass is 218 g/mol. The van der Waals surface area contributed by atoms with Gasteiger partial charge in [0.15, 0.2) is 9.84 Å². The smallest absolute Gasteiger partial charge is 0.190 e. The molecule has 1 aromatic rings. The Balaban J connectivity index is 3.09. The van der Waals surface area contributed by atoms with Crippen LogP contribution in [0.1, 0.15) is 25.6 Å². The second-order valence-electron chi connectivity index (χ2n) is 3.17. The molecule has 0 aliphatic heterocycles. The van der Waals surface area contributed by atoms with Crippen molar-refractivity contribution in [1.82, 2.24) is 0 Å². The largest absolute Gasteiger partial charge is 0.223 e. The molecular weight excluding hydrogens is 204 g/mol. The van der Waals surface area contributed by atoms with E-state index < -0.39 is 9.84 Å². The van der Waals surface area contributed by atoms with Gasteiger partial charge in [0, 0.05) is 4.88 Å². The molecule has 0 radical (unpaired) electrons. The Morgan fingerprint density at radius 3 is 2.38 bits per heavy atom. The zero-order chi connectivity index (χ0) is 10.1. The van der Waals surface area contributed by atoms with E-state index in [0.717, 1.165) is 11.3 Å². The van der Waals surface area contributed by atoms with Gasteiger partial charge in [-0.05, 0) is 32.4 Å². The number of sulfone groups is 1. The molecule has 0 bridgehead atoms. The fourth-order valence-electron chi connectivity index (χ4n) is 0.933. The van der Waals surface area contributed by atoms with Crippen molar-refractivity contribution in [2.75, 3.05) is 0 Å². The highest BCUT2D eigenvalue weighted by Gasteiger charge is 2.20. The van der Waals surface area contributed by atoms with Gasteiger partial charge in [0.2, 0.25) is 0 Å². The first-order valence-corrected chi connectivity index (χ1v) is 6.67. The number of hydrogen-bond acceptors (Lipinski definition) is 3. The lowest BCUT2D eigenvalue weighted by Crippen LogP contribution is -2.12. The molecule has 0 amide bonds. The van der Waals surface area contributed by atoms with E-state index in [1.807, 2.05) is 13.0 Å². The predicted octanol–water partition coefficient (Wildman–Crippen LogP) is 2.49. The molecule has 0 saturated carbocycles. The van der Waals surface area contributed by atoms with Crippen LogP contribution in [0.4, 0.5) is 0 Å². The predicted molar refractivity (Wildman–Crippen MR) is 56.0 cm³/mol. The van der Waals surface area contributed by atoms with Gasteiger partial charge in [-0.15, -0.1) is 11.3 Å². The molecule has 1 aromatic heterocycles. The summed E-state index contributed by atoms with van der Waals surface area (Å²) in [5.41, 5.74) is 0. The molecule has 1 heterocycles. The van der Waals surface area contributed by atoms with Crippen molar-refractivity contribution in [3.05, 3.63) is 17.0 Å². The van der Waals surface area contributed by atoms with Gasteiger partial charge in [-0.3, -0.25) is 0 Å². The van der Waals surface area contributed by atoms with Crippen molar-refractivity contribution in [3.8, 4) is 0 Å². The molecular formula is C9H14O2S2. The maximum absolute atomic E-state index is 11.7. The Morgan fingerprint density at radius 2 is 2.00 bits per heavy atom. The maximum atomic E-state index is 11.7. The summed E-state index contributed by atoms with van der Waals surface area (Å²) in [6, 6.07) is 3.60. The molecule has 0 N–H and O–H groups in total. The molecule has 1 rings (SSSR count). The van der Waals surface area contributed by atoms with Gasteiger partial charge in [-0.2, -0.15) is 0 Å². The number of rotatable bonds is 3. The Hall–Kier alpha value is -0.350. The third-order valence-corrected chi connectivity index (χ3v) is 5.80. The summed E-state index contributed by atoms with van der Waals surface area (Å²) in [5, 5.41) is -0.323. The van der Waals surface area contributed by atoms with Crippen LogP contribution in [0.25, 0.3) is 0 Å². The number of aryl methyl sites for hydroxylation is 1. The zero-order valence-electron chi connectivity index (χ0n) is 8.07. The summed E-state index contributed by atoms with van der Waals surface area (Å²) in [6.45, 7) is 5.44. The highest BCUT2D eigenvalue weighted by molar-refractivity contribution is 7.94. The van der Waals surface area contributed by atoms with E-state index in [-0.39, 0.29) is 5.25 Å². The Labute approximate surface area is 83.5 Å². The molecule has 0 aromatic carbocycles. The van der Waals surface area contributed by atoms with E-state index in [4.69, 9.17) is 0 Å². The summed E-state index contributed by atoms with van der Waals surface area (Å²) in [6.07, 6.45) is 0.901. The molecule has 4 heteroatoms. The van der Waals surface area contributed by atoms with E-state index in [2.05, 4.69) is 0 Å². The molecule has 0 fully saturated rings. The maximum Gasteiger partial charge on any atom is 0.190 e. The minimum absolute atomic E-state index is 0.323. The fraction of sp³-hybridized carbons (Fsp3) is 0.556. The molecule has 0 unspecified atom stereocenters. The van der Waals surface area contributed by atoms with E-state index in [1.54, 1.807) is 19.9 Å². The lowest BCUT2D eigenvalue weighted by molar-refractivity contribution is 0.589. The summed E-state index contributed by atoms with van der Waals surface area (Å²) in [4.78, 5) is 1.12. The summed E-state index contributed by atoms with van der Waals surface area (Å²) >= 11 is 1.38. The van der Waals surface area contributed by atoms with Crippen molar-refractivity contribution < 1.29 is 8.42 Å². The minimum Gasteiger partial charge on any atom is -0.223 e. The fourth-order valence-corrected chi connectivity index (χ4v) is 3.69. The van der Waals surface area contributed by atoms with Crippen LogP contribution in [0.15, 0.2) is 16.3 Å². The second kappa shape index (κ2) is 3.80. The first-order chi connectivity index (χ1) is 5.98. The highest BCUT2D eigenvalue weighted by Crippen LogP contribution is 2.25. The lowest BCUT2D eigenvalue weighted by atomic mass is 10.4. The quantitative estimate of drug-likeness (QED) is 0.781. The second-order valence-corrected chi connectivity index (χ2v) is 7.07. The van der Waals surface area contributed by atoms with Crippen LogP contribution in [-0.2, 0) is 16.3 Å². The van der Waals surface area contributed by atoms with Crippen molar-refractivity contribution in [3.63, 3.8) is 0 Å². The van der Waals surface area contributed by atoms with Gasteiger partial charge in [0.25, 0.3) is 0 Å². The van der Waals surface area contributed by atoms with Crippen molar-refractivity contribution in [2.24, 2.45) is 0 Å². The van der Waals surface area contributed by atoms with Crippen molar-refractivity contribution >= 4 is 21.2 Å². The third-order valence-electron chi connectivity index (χ3n) is 1.89. The van der Waals surface area contributed by atoms with Gasteiger partial charge in [-0.1, -0.05) is 6.92 Å². The topological polar surface area (TPSA) is 34.1 Å². The molecule has 13 heavy (non-hydrogen) atoms. The Bertz CT molecular complexity index is 374. The molecule has 0 aliphatic rings. The molecule has 0 saturated heterocycles. The summed E-state index contributed by atoms with van der Waals surface area (Å²) < 4.78 is 23.8. The highest BCUT2D eigenvalue weighted by atomic mass is 32.2. The van der Waals surface area contributed by atoms with Crippen molar-refractivity contribution in [2.45, 2.75) is 36.7 Å². The van der Waals surface area contributed by atoms with Gasteiger partial charge in [0.05, 0.1) is 5.25 Å². The molecule has 0 aliphatic carbocycles. The van der Waals surface area contributed by atoms with Gasteiger partial charge in [-0.25, -0.2) is 8.42 Å². The van der Waals surface area contributed by atoms with Gasteiger partial charge in [0.1, 0.15) is 4.21 Å². The lowest BCUT2D eigenvalue weighted by Gasteiger charge is -2.03. The van der Waals surface area contributed by atoms with Crippen LogP contribution >= 0.6 is 11.3 Å². The minimum atomic E-state index is -3.05. The van der Waals surface area contributed by atoms with Crippen LogP contribution in [0.2, 0.25) is 0 Å². The summed E-state index contributed by atoms with van der Waals surface area (Å²) in [7, 11) is -3.05. The van der Waals surface area contributed by atoms with Crippen LogP contribution < -0.4 is 0 Å². The average Bonchev–Trinajstić information content (AvgIpc) is 2.51. The number of hydrogen-bond donors (Lipinski definition) is 0. The normalized spacial score (nSPS) is 12.3. The average molecular weight is 218 g/mol. The Morgan fingerprint density at radius 1 is 1.38 bits per heavy atom.